The summed E-state index contributed by atoms with van der Waals surface area (Å²) in [6.07, 6.45) is 3.01. The molecule has 0 aliphatic rings. The summed E-state index contributed by atoms with van der Waals surface area (Å²) in [5, 5.41) is 13.2. The van der Waals surface area contributed by atoms with Crippen LogP contribution in [-0.2, 0) is 19.0 Å². The first-order chi connectivity index (χ1) is 16.1. The number of nitrogens with zero attached hydrogens (tertiary/aromatic N) is 7. The van der Waals surface area contributed by atoms with E-state index in [9.17, 15) is 4.79 Å². The summed E-state index contributed by atoms with van der Waals surface area (Å²) in [4.78, 5) is 28.8. The number of anilines is 2. The molecule has 3 heterocycles. The third-order valence-corrected chi connectivity index (χ3v) is 5.05. The van der Waals surface area contributed by atoms with Gasteiger partial charge in [-0.1, -0.05) is 43.6 Å². The molecule has 4 rings (SSSR count). The van der Waals surface area contributed by atoms with Crippen LogP contribution in [0, 0.1) is 5.82 Å². The van der Waals surface area contributed by atoms with E-state index in [-0.39, 0.29) is 34.7 Å². The Kier molecular flexibility index (Phi) is 6.24. The highest BCUT2D eigenvalue weighted by molar-refractivity contribution is 6.31. The number of aryl methyl sites for hydroxylation is 1. The first-order valence-corrected chi connectivity index (χ1v) is 10.5. The molecule has 0 aliphatic carbocycles. The van der Waals surface area contributed by atoms with Crippen molar-refractivity contribution in [2.75, 3.05) is 5.32 Å². The average molecular weight is 486 g/mol. The standard InChI is InChI=1S/C21H21ClFN9O2/c1-21(2,3)19-28-17(31-34-19)18(33)24-9-11-5-6-12(15(23)14(11)22)16-25-10-26-20(29-16)27-13-7-8-32(4)30-13/h5-8,10H,9H2,1-4H3,(H,24,33)(H,25,26,27,29,30). The molecule has 0 unspecified atom stereocenters. The molecule has 0 atom stereocenters. The van der Waals surface area contributed by atoms with Crippen LogP contribution in [0.25, 0.3) is 11.4 Å². The fourth-order valence-electron chi connectivity index (χ4n) is 2.86. The van der Waals surface area contributed by atoms with Crippen LogP contribution in [0.5, 0.6) is 0 Å². The van der Waals surface area contributed by atoms with E-state index in [0.717, 1.165) is 0 Å². The van der Waals surface area contributed by atoms with Gasteiger partial charge in [-0.3, -0.25) is 9.48 Å². The Morgan fingerprint density at radius 1 is 1.21 bits per heavy atom. The minimum absolute atomic E-state index is 0.0437. The number of amides is 1. The van der Waals surface area contributed by atoms with Crippen molar-refractivity contribution in [2.24, 2.45) is 7.05 Å². The Labute approximate surface area is 198 Å². The smallest absolute Gasteiger partial charge is 0.292 e. The summed E-state index contributed by atoms with van der Waals surface area (Å²) in [7, 11) is 1.77. The van der Waals surface area contributed by atoms with Gasteiger partial charge >= 0.3 is 0 Å². The highest BCUT2D eigenvalue weighted by Crippen LogP contribution is 2.29. The fraction of sp³-hybridized carbons (Fsp3) is 0.286. The predicted molar refractivity (Wildman–Crippen MR) is 121 cm³/mol. The van der Waals surface area contributed by atoms with Crippen molar-refractivity contribution in [1.82, 2.24) is 40.2 Å². The SMILES string of the molecule is Cn1ccc(Nc2ncnc(-c3ccc(CNC(=O)c4noc(C(C)(C)C)n4)c(Cl)c3F)n2)n1. The molecule has 0 bridgehead atoms. The van der Waals surface area contributed by atoms with Crippen molar-refractivity contribution < 1.29 is 13.7 Å². The Morgan fingerprint density at radius 2 is 2.00 bits per heavy atom. The van der Waals surface area contributed by atoms with Crippen molar-refractivity contribution in [2.45, 2.75) is 32.7 Å². The highest BCUT2D eigenvalue weighted by Gasteiger charge is 2.24. The molecule has 4 aromatic rings. The van der Waals surface area contributed by atoms with E-state index in [0.29, 0.717) is 17.3 Å². The molecule has 2 N–H and O–H groups in total. The molecule has 34 heavy (non-hydrogen) atoms. The molecule has 1 aromatic carbocycles. The van der Waals surface area contributed by atoms with Crippen molar-refractivity contribution >= 4 is 29.3 Å². The molecule has 0 radical (unpaired) electrons. The third kappa shape index (κ3) is 5.01. The number of nitrogens with one attached hydrogen (secondary N) is 2. The summed E-state index contributed by atoms with van der Waals surface area (Å²) in [6, 6.07) is 4.80. The summed E-state index contributed by atoms with van der Waals surface area (Å²) in [5.41, 5.74) is 0.0479. The van der Waals surface area contributed by atoms with Crippen molar-refractivity contribution in [1.29, 1.82) is 0 Å². The number of hydrogen-bond acceptors (Lipinski definition) is 9. The summed E-state index contributed by atoms with van der Waals surface area (Å²) in [6.45, 7) is 5.61. The Balaban J connectivity index is 1.48. The highest BCUT2D eigenvalue weighted by atomic mass is 35.5. The average Bonchev–Trinajstić information content (AvgIpc) is 3.44. The minimum atomic E-state index is -0.724. The normalized spacial score (nSPS) is 11.5. The van der Waals surface area contributed by atoms with Crippen LogP contribution in [0.2, 0.25) is 5.02 Å². The Hall–Kier alpha value is -3.93. The van der Waals surface area contributed by atoms with Crippen LogP contribution in [-0.4, -0.2) is 40.8 Å². The zero-order valence-electron chi connectivity index (χ0n) is 18.8. The van der Waals surface area contributed by atoms with Crippen LogP contribution >= 0.6 is 11.6 Å². The number of hydrogen-bond donors (Lipinski definition) is 2. The van der Waals surface area contributed by atoms with E-state index < -0.39 is 17.1 Å². The van der Waals surface area contributed by atoms with E-state index in [2.05, 4.69) is 40.8 Å². The molecule has 13 heteroatoms. The number of carbonyl (C=O) groups is 1. The minimum Gasteiger partial charge on any atom is -0.345 e. The van der Waals surface area contributed by atoms with Crippen LogP contribution in [0.3, 0.4) is 0 Å². The van der Waals surface area contributed by atoms with Gasteiger partial charge < -0.3 is 15.2 Å². The van der Waals surface area contributed by atoms with Crippen molar-refractivity contribution in [3.8, 4) is 11.4 Å². The van der Waals surface area contributed by atoms with Gasteiger partial charge in [0.1, 0.15) is 6.33 Å². The van der Waals surface area contributed by atoms with Gasteiger partial charge in [0, 0.05) is 31.3 Å². The molecule has 0 fully saturated rings. The van der Waals surface area contributed by atoms with Gasteiger partial charge in [-0.15, -0.1) is 0 Å². The maximum atomic E-state index is 15.1. The number of benzene rings is 1. The summed E-state index contributed by atoms with van der Waals surface area (Å²) < 4.78 is 21.8. The van der Waals surface area contributed by atoms with Crippen molar-refractivity contribution in [3.63, 3.8) is 0 Å². The second-order valence-corrected chi connectivity index (χ2v) is 8.77. The van der Waals surface area contributed by atoms with Gasteiger partial charge in [0.25, 0.3) is 11.7 Å². The van der Waals surface area contributed by atoms with E-state index in [4.69, 9.17) is 16.1 Å². The van der Waals surface area contributed by atoms with Gasteiger partial charge in [0.15, 0.2) is 17.5 Å². The molecule has 176 valence electrons. The van der Waals surface area contributed by atoms with Gasteiger partial charge in [-0.05, 0) is 11.6 Å². The monoisotopic (exact) mass is 485 g/mol. The third-order valence-electron chi connectivity index (χ3n) is 4.64. The lowest BCUT2D eigenvalue weighted by Gasteiger charge is -2.10. The number of halogens is 2. The lowest BCUT2D eigenvalue weighted by atomic mass is 9.97. The van der Waals surface area contributed by atoms with Crippen LogP contribution in [0.15, 0.2) is 35.2 Å². The van der Waals surface area contributed by atoms with E-state index in [1.807, 2.05) is 20.8 Å². The van der Waals surface area contributed by atoms with Gasteiger partial charge in [-0.25, -0.2) is 14.4 Å². The van der Waals surface area contributed by atoms with Crippen molar-refractivity contribution in [3.05, 3.63) is 58.8 Å². The molecule has 0 saturated carbocycles. The van der Waals surface area contributed by atoms with E-state index >= 15 is 4.39 Å². The quantitative estimate of drug-likeness (QED) is 0.420. The molecule has 3 aromatic heterocycles. The molecule has 0 saturated heterocycles. The Morgan fingerprint density at radius 3 is 2.68 bits per heavy atom. The molecular weight excluding hydrogens is 465 g/mol. The second kappa shape index (κ2) is 9.14. The van der Waals surface area contributed by atoms with Gasteiger partial charge in [0.2, 0.25) is 11.8 Å². The predicted octanol–water partition coefficient (Wildman–Crippen LogP) is 3.42. The second-order valence-electron chi connectivity index (χ2n) is 8.39. The lowest BCUT2D eigenvalue weighted by Crippen LogP contribution is -2.24. The maximum absolute atomic E-state index is 15.1. The van der Waals surface area contributed by atoms with E-state index in [1.165, 1.54) is 12.4 Å². The Bertz CT molecular complexity index is 1350. The maximum Gasteiger partial charge on any atom is 0.292 e. The fourth-order valence-corrected chi connectivity index (χ4v) is 3.09. The largest absolute Gasteiger partial charge is 0.345 e. The summed E-state index contributed by atoms with van der Waals surface area (Å²) >= 11 is 6.24. The molecular formula is C21H21ClFN9O2. The topological polar surface area (TPSA) is 137 Å². The molecule has 11 nitrogen and oxygen atoms in total. The lowest BCUT2D eigenvalue weighted by molar-refractivity contribution is 0.0937. The van der Waals surface area contributed by atoms with Crippen LogP contribution < -0.4 is 10.6 Å². The number of carbonyl (C=O) groups excluding carboxylic acids is 1. The summed E-state index contributed by atoms with van der Waals surface area (Å²) in [5.74, 6) is -0.257. The first-order valence-electron chi connectivity index (χ1n) is 10.2. The molecule has 1 amide bonds. The van der Waals surface area contributed by atoms with Gasteiger partial charge in [-0.2, -0.15) is 15.1 Å². The van der Waals surface area contributed by atoms with E-state index in [1.54, 1.807) is 30.1 Å². The molecule has 0 aliphatic heterocycles. The van der Waals surface area contributed by atoms with Crippen LogP contribution in [0.1, 0.15) is 42.8 Å². The van der Waals surface area contributed by atoms with Gasteiger partial charge in [0.05, 0.1) is 10.6 Å². The zero-order valence-corrected chi connectivity index (χ0v) is 19.6. The molecule has 0 spiro atoms. The number of rotatable bonds is 6. The first kappa shape index (κ1) is 23.2. The van der Waals surface area contributed by atoms with Crippen LogP contribution in [0.4, 0.5) is 16.2 Å². The zero-order chi connectivity index (χ0) is 24.5. The number of aromatic nitrogens is 7.